The molecule has 0 N–H and O–H groups in total. The van der Waals surface area contributed by atoms with Gasteiger partial charge in [-0.2, -0.15) is 0 Å². The van der Waals surface area contributed by atoms with Crippen LogP contribution in [0.1, 0.15) is 18.6 Å². The Morgan fingerprint density at radius 1 is 1.25 bits per heavy atom. The van der Waals surface area contributed by atoms with E-state index in [9.17, 15) is 23.1 Å². The van der Waals surface area contributed by atoms with Gasteiger partial charge in [-0.15, -0.1) is 0 Å². The molecule has 2 saturated heterocycles. The van der Waals surface area contributed by atoms with Crippen molar-refractivity contribution in [3.63, 3.8) is 0 Å². The molecule has 132 valence electrons. The predicted molar refractivity (Wildman–Crippen MR) is 86.5 cm³/mol. The molecule has 2 aliphatic rings. The summed E-state index contributed by atoms with van der Waals surface area (Å²) in [6, 6.07) is 3.81. The molecular weight excluding hydrogens is 357 g/mol. The van der Waals surface area contributed by atoms with E-state index in [1.807, 2.05) is 0 Å². The summed E-state index contributed by atoms with van der Waals surface area (Å²) in [5.74, 6) is 0. The van der Waals surface area contributed by atoms with Gasteiger partial charge in [0.05, 0.1) is 11.0 Å². The van der Waals surface area contributed by atoms with Gasteiger partial charge >= 0.3 is 7.67 Å². The largest absolute Gasteiger partial charge is 0.346 e. The van der Waals surface area contributed by atoms with Crippen molar-refractivity contribution in [3.8, 4) is 0 Å². The van der Waals surface area contributed by atoms with Gasteiger partial charge in [0.1, 0.15) is 4.90 Å². The molecule has 9 nitrogen and oxygen atoms in total. The summed E-state index contributed by atoms with van der Waals surface area (Å²) in [6.07, 6.45) is 0.264. The van der Waals surface area contributed by atoms with Gasteiger partial charge in [0, 0.05) is 38.5 Å². The summed E-state index contributed by atoms with van der Waals surface area (Å²) in [4.78, 5) is 9.92. The molecule has 11 heteroatoms. The normalized spacial score (nSPS) is 19.9. The molecule has 2 heterocycles. The SMILES string of the molecule is CC(OP(=O)(N1CC1)N1CC1)c1ccc([N+](=O)[O-])c(S(C)(=O)=O)c1. The molecule has 2 fully saturated rings. The highest BCUT2D eigenvalue weighted by molar-refractivity contribution is 7.90. The van der Waals surface area contributed by atoms with Gasteiger partial charge in [-0.3, -0.25) is 19.2 Å². The summed E-state index contributed by atoms with van der Waals surface area (Å²) in [5.41, 5.74) is -0.0431. The number of nitro groups is 1. The van der Waals surface area contributed by atoms with E-state index in [2.05, 4.69) is 0 Å². The van der Waals surface area contributed by atoms with E-state index in [0.29, 0.717) is 31.7 Å². The van der Waals surface area contributed by atoms with E-state index in [-0.39, 0.29) is 4.90 Å². The maximum absolute atomic E-state index is 13.0. The van der Waals surface area contributed by atoms with Crippen molar-refractivity contribution >= 4 is 23.2 Å². The van der Waals surface area contributed by atoms with Crippen molar-refractivity contribution in [1.29, 1.82) is 0 Å². The summed E-state index contributed by atoms with van der Waals surface area (Å²) in [5, 5.41) is 11.0. The average molecular weight is 375 g/mol. The van der Waals surface area contributed by atoms with Crippen LogP contribution in [0.25, 0.3) is 0 Å². The van der Waals surface area contributed by atoms with E-state index >= 15 is 0 Å². The second-order valence-corrected chi connectivity index (χ2v) is 10.2. The molecule has 0 aromatic heterocycles. The third kappa shape index (κ3) is 3.38. The third-order valence-electron chi connectivity index (χ3n) is 3.91. The van der Waals surface area contributed by atoms with E-state index < -0.39 is 34.2 Å². The van der Waals surface area contributed by atoms with Gasteiger partial charge in [-0.1, -0.05) is 0 Å². The predicted octanol–water partition coefficient (Wildman–Crippen LogP) is 1.82. The van der Waals surface area contributed by atoms with Gasteiger partial charge in [-0.05, 0) is 24.6 Å². The van der Waals surface area contributed by atoms with Gasteiger partial charge in [-0.25, -0.2) is 17.8 Å². The monoisotopic (exact) mass is 375 g/mol. The van der Waals surface area contributed by atoms with Crippen LogP contribution in [0, 0.1) is 10.1 Å². The van der Waals surface area contributed by atoms with Crippen LogP contribution in [0.15, 0.2) is 23.1 Å². The highest BCUT2D eigenvalue weighted by atomic mass is 32.2. The minimum Gasteiger partial charge on any atom is -0.298 e. The Hall–Kier alpha value is -1.32. The zero-order chi connectivity index (χ0) is 17.7. The van der Waals surface area contributed by atoms with E-state index in [1.54, 1.807) is 16.3 Å². The standard InChI is InChI=1S/C13H18N3O6PS/c1-10(22-23(19,14-5-6-14)15-7-8-15)11-3-4-12(16(17)18)13(9-11)24(2,20)21/h3-4,9-10H,5-8H2,1-2H3. The number of benzene rings is 1. The van der Waals surface area contributed by atoms with Crippen LogP contribution in [0.5, 0.6) is 0 Å². The quantitative estimate of drug-likeness (QED) is 0.307. The topological polar surface area (TPSA) is 110 Å². The molecule has 1 aromatic rings. The number of sulfone groups is 1. The van der Waals surface area contributed by atoms with Crippen molar-refractivity contribution in [1.82, 2.24) is 9.34 Å². The van der Waals surface area contributed by atoms with Crippen molar-refractivity contribution in [2.75, 3.05) is 32.4 Å². The number of hydrogen-bond acceptors (Lipinski definition) is 6. The molecule has 0 aliphatic carbocycles. The molecule has 1 atom stereocenters. The maximum Gasteiger partial charge on any atom is 0.346 e. The lowest BCUT2D eigenvalue weighted by Gasteiger charge is -2.24. The molecule has 0 radical (unpaired) electrons. The Bertz CT molecular complexity index is 818. The number of nitrogens with zero attached hydrogens (tertiary/aromatic N) is 3. The number of rotatable bonds is 7. The highest BCUT2D eigenvalue weighted by Crippen LogP contribution is 2.63. The lowest BCUT2D eigenvalue weighted by atomic mass is 10.1. The first-order chi connectivity index (χ1) is 11.1. The first-order valence-electron chi connectivity index (χ1n) is 7.40. The van der Waals surface area contributed by atoms with Crippen LogP contribution in [0.3, 0.4) is 0 Å². The third-order valence-corrected chi connectivity index (χ3v) is 7.85. The van der Waals surface area contributed by atoms with Crippen molar-refractivity contribution in [2.24, 2.45) is 0 Å². The van der Waals surface area contributed by atoms with Gasteiger partial charge in [0.15, 0.2) is 9.84 Å². The Morgan fingerprint density at radius 3 is 2.21 bits per heavy atom. The number of nitro benzene ring substituents is 1. The zero-order valence-electron chi connectivity index (χ0n) is 13.3. The lowest BCUT2D eigenvalue weighted by molar-refractivity contribution is -0.387. The summed E-state index contributed by atoms with van der Waals surface area (Å²) >= 11 is 0. The van der Waals surface area contributed by atoms with Crippen molar-refractivity contribution in [2.45, 2.75) is 17.9 Å². The first-order valence-corrected chi connectivity index (χ1v) is 10.8. The van der Waals surface area contributed by atoms with Crippen LogP contribution in [-0.2, 0) is 18.9 Å². The van der Waals surface area contributed by atoms with Gasteiger partial charge in [0.25, 0.3) is 5.69 Å². The molecule has 0 bridgehead atoms. The highest BCUT2D eigenvalue weighted by Gasteiger charge is 2.50. The molecule has 3 rings (SSSR count). The molecular formula is C13H18N3O6PS. The van der Waals surface area contributed by atoms with E-state index in [1.165, 1.54) is 12.1 Å². The first kappa shape index (κ1) is 17.5. The molecule has 0 saturated carbocycles. The molecule has 1 aromatic carbocycles. The molecule has 0 spiro atoms. The maximum atomic E-state index is 13.0. The fraction of sp³-hybridized carbons (Fsp3) is 0.538. The fourth-order valence-electron chi connectivity index (χ4n) is 2.41. The van der Waals surface area contributed by atoms with Crippen LogP contribution >= 0.6 is 7.67 Å². The Kier molecular flexibility index (Phi) is 4.29. The summed E-state index contributed by atoms with van der Waals surface area (Å²) < 4.78 is 45.9. The number of hydrogen-bond donors (Lipinski definition) is 0. The molecule has 24 heavy (non-hydrogen) atoms. The minimum atomic E-state index is -3.77. The van der Waals surface area contributed by atoms with Crippen LogP contribution in [-0.4, -0.2) is 55.1 Å². The van der Waals surface area contributed by atoms with Crippen molar-refractivity contribution in [3.05, 3.63) is 33.9 Å². The Morgan fingerprint density at radius 2 is 1.79 bits per heavy atom. The molecule has 1 unspecified atom stereocenters. The van der Waals surface area contributed by atoms with Crippen LogP contribution in [0.2, 0.25) is 0 Å². The second kappa shape index (κ2) is 5.89. The van der Waals surface area contributed by atoms with Crippen LogP contribution in [0.4, 0.5) is 5.69 Å². The average Bonchev–Trinajstić information content (AvgIpc) is 3.38. The summed E-state index contributed by atoms with van der Waals surface area (Å²) in [7, 11) is -6.84. The zero-order valence-corrected chi connectivity index (χ0v) is 15.0. The van der Waals surface area contributed by atoms with E-state index in [0.717, 1.165) is 12.3 Å². The minimum absolute atomic E-state index is 0.367. The van der Waals surface area contributed by atoms with Gasteiger partial charge < -0.3 is 0 Å². The Labute approximate surface area is 139 Å². The molecule has 0 amide bonds. The van der Waals surface area contributed by atoms with Gasteiger partial charge in [0.2, 0.25) is 0 Å². The summed E-state index contributed by atoms with van der Waals surface area (Å²) in [6.45, 7) is 4.47. The molecule has 2 aliphatic heterocycles. The second-order valence-electron chi connectivity index (χ2n) is 5.90. The van der Waals surface area contributed by atoms with Crippen molar-refractivity contribution < 1.29 is 22.4 Å². The van der Waals surface area contributed by atoms with E-state index in [4.69, 9.17) is 4.52 Å². The Balaban J connectivity index is 1.91. The smallest absolute Gasteiger partial charge is 0.298 e. The fourth-order valence-corrected chi connectivity index (χ4v) is 5.63. The van der Waals surface area contributed by atoms with Crippen LogP contribution < -0.4 is 0 Å². The lowest BCUT2D eigenvalue weighted by Crippen LogP contribution is -2.11.